The molecule has 0 atom stereocenters. The van der Waals surface area contributed by atoms with Crippen molar-refractivity contribution in [2.75, 3.05) is 40.0 Å². The molecule has 0 saturated carbocycles. The number of rotatable bonds is 8. The highest BCUT2D eigenvalue weighted by molar-refractivity contribution is 7.39. The van der Waals surface area contributed by atoms with Gasteiger partial charge in [-0.1, -0.05) is 26.0 Å². The third kappa shape index (κ3) is 5.22. The molecule has 0 radical (unpaired) electrons. The Hall–Kier alpha value is -0.790. The molecule has 2 N–H and O–H groups in total. The SMILES string of the molecule is CCC1(Cc2cccc(OP(O)O)c2CC2(CC)COCOC2)COCOC1. The Labute approximate surface area is 167 Å². The summed E-state index contributed by atoms with van der Waals surface area (Å²) in [4.78, 5) is 19.0. The molecule has 158 valence electrons. The monoisotopic (exact) mass is 414 g/mol. The van der Waals surface area contributed by atoms with Gasteiger partial charge in [0, 0.05) is 10.8 Å². The molecule has 0 aliphatic carbocycles. The summed E-state index contributed by atoms with van der Waals surface area (Å²) < 4.78 is 27.8. The number of ether oxygens (including phenoxy) is 4. The fraction of sp³-hybridized carbons (Fsp3) is 0.700. The molecule has 2 heterocycles. The van der Waals surface area contributed by atoms with Crippen molar-refractivity contribution in [1.82, 2.24) is 0 Å². The first kappa shape index (κ1) is 21.9. The largest absolute Gasteiger partial charge is 0.427 e. The van der Waals surface area contributed by atoms with Crippen LogP contribution in [0.5, 0.6) is 5.75 Å². The van der Waals surface area contributed by atoms with Gasteiger partial charge in [0.2, 0.25) is 0 Å². The van der Waals surface area contributed by atoms with Crippen LogP contribution < -0.4 is 4.52 Å². The maximum Gasteiger partial charge on any atom is 0.391 e. The maximum absolute atomic E-state index is 9.48. The predicted octanol–water partition coefficient (Wildman–Crippen LogP) is 3.16. The lowest BCUT2D eigenvalue weighted by Gasteiger charge is -2.39. The van der Waals surface area contributed by atoms with Crippen LogP contribution in [-0.2, 0) is 31.8 Å². The minimum atomic E-state index is -2.50. The first-order chi connectivity index (χ1) is 13.5. The Morgan fingerprint density at radius 1 is 0.893 bits per heavy atom. The van der Waals surface area contributed by atoms with Gasteiger partial charge in [-0.15, -0.1) is 0 Å². The van der Waals surface area contributed by atoms with E-state index in [0.717, 1.165) is 30.4 Å². The van der Waals surface area contributed by atoms with Gasteiger partial charge in [-0.3, -0.25) is 0 Å². The average molecular weight is 414 g/mol. The van der Waals surface area contributed by atoms with Crippen molar-refractivity contribution in [3.05, 3.63) is 29.3 Å². The van der Waals surface area contributed by atoms with E-state index in [1.165, 1.54) is 0 Å². The lowest BCUT2D eigenvalue weighted by molar-refractivity contribution is -0.167. The average Bonchev–Trinajstić information content (AvgIpc) is 2.71. The molecule has 2 fully saturated rings. The molecule has 1 aromatic rings. The lowest BCUT2D eigenvalue weighted by Crippen LogP contribution is -2.40. The molecule has 8 heteroatoms. The molecule has 1 aromatic carbocycles. The summed E-state index contributed by atoms with van der Waals surface area (Å²) in [5.74, 6) is 0.510. The van der Waals surface area contributed by atoms with E-state index >= 15 is 0 Å². The van der Waals surface area contributed by atoms with Crippen LogP contribution in [0.15, 0.2) is 18.2 Å². The van der Waals surface area contributed by atoms with Crippen LogP contribution in [-0.4, -0.2) is 49.8 Å². The maximum atomic E-state index is 9.48. The third-order valence-electron chi connectivity index (χ3n) is 5.99. The molecule has 2 aliphatic heterocycles. The van der Waals surface area contributed by atoms with E-state index in [2.05, 4.69) is 19.9 Å². The normalized spacial score (nSPS) is 21.6. The molecule has 28 heavy (non-hydrogen) atoms. The van der Waals surface area contributed by atoms with E-state index in [-0.39, 0.29) is 10.8 Å². The standard InChI is InChI=1S/C20H31O7P/c1-3-19(10-23-14-24-11-19)8-16-6-5-7-18(27-28(21)22)17(16)9-20(4-2)12-25-15-26-13-20/h5-7,21-22H,3-4,8-15H2,1-2H3. The molecular formula is C20H31O7P. The topological polar surface area (TPSA) is 86.6 Å². The van der Waals surface area contributed by atoms with Crippen molar-refractivity contribution < 1.29 is 33.3 Å². The number of benzene rings is 1. The fourth-order valence-electron chi connectivity index (χ4n) is 4.03. The molecular weight excluding hydrogens is 383 g/mol. The molecule has 0 amide bonds. The summed E-state index contributed by atoms with van der Waals surface area (Å²) >= 11 is 0. The zero-order chi connectivity index (χ0) is 20.0. The summed E-state index contributed by atoms with van der Waals surface area (Å²) in [6, 6.07) is 5.77. The molecule has 0 unspecified atom stereocenters. The van der Waals surface area contributed by atoms with Gasteiger partial charge in [0.15, 0.2) is 0 Å². The first-order valence-corrected chi connectivity index (χ1v) is 11.0. The van der Waals surface area contributed by atoms with Crippen molar-refractivity contribution in [3.63, 3.8) is 0 Å². The third-order valence-corrected chi connectivity index (χ3v) is 6.35. The van der Waals surface area contributed by atoms with Gasteiger partial charge in [0.05, 0.1) is 26.4 Å². The lowest BCUT2D eigenvalue weighted by atomic mass is 9.75. The Bertz CT molecular complexity index is 625. The summed E-state index contributed by atoms with van der Waals surface area (Å²) in [5, 5.41) is 0. The van der Waals surface area contributed by atoms with Crippen molar-refractivity contribution >= 4 is 8.60 Å². The van der Waals surface area contributed by atoms with Crippen LogP contribution >= 0.6 is 8.60 Å². The molecule has 2 aliphatic rings. The van der Waals surface area contributed by atoms with Gasteiger partial charge < -0.3 is 33.3 Å². The molecule has 2 saturated heterocycles. The van der Waals surface area contributed by atoms with E-state index < -0.39 is 8.60 Å². The van der Waals surface area contributed by atoms with E-state index in [9.17, 15) is 9.79 Å². The zero-order valence-corrected chi connectivity index (χ0v) is 17.6. The minimum Gasteiger partial charge on any atom is -0.427 e. The van der Waals surface area contributed by atoms with E-state index in [0.29, 0.717) is 52.2 Å². The van der Waals surface area contributed by atoms with Gasteiger partial charge in [-0.05, 0) is 42.9 Å². The van der Waals surface area contributed by atoms with Gasteiger partial charge in [-0.25, -0.2) is 0 Å². The zero-order valence-electron chi connectivity index (χ0n) is 16.7. The highest BCUT2D eigenvalue weighted by atomic mass is 31.2. The Balaban J connectivity index is 1.94. The van der Waals surface area contributed by atoms with Crippen LogP contribution in [0.4, 0.5) is 0 Å². The van der Waals surface area contributed by atoms with Crippen LogP contribution in [0.1, 0.15) is 37.8 Å². The van der Waals surface area contributed by atoms with Gasteiger partial charge in [0.1, 0.15) is 19.3 Å². The second-order valence-electron chi connectivity index (χ2n) is 7.93. The highest BCUT2D eigenvalue weighted by Crippen LogP contribution is 2.41. The molecule has 3 rings (SSSR count). The minimum absolute atomic E-state index is 0.103. The summed E-state index contributed by atoms with van der Waals surface area (Å²) in [7, 11) is -2.50. The smallest absolute Gasteiger partial charge is 0.391 e. The van der Waals surface area contributed by atoms with Crippen LogP contribution in [0, 0.1) is 10.8 Å². The Morgan fingerprint density at radius 3 is 1.93 bits per heavy atom. The van der Waals surface area contributed by atoms with Crippen molar-refractivity contribution in [3.8, 4) is 5.75 Å². The Kier molecular flexibility index (Phi) is 7.67. The van der Waals surface area contributed by atoms with E-state index in [1.54, 1.807) is 6.07 Å². The summed E-state index contributed by atoms with van der Waals surface area (Å²) in [6.45, 7) is 7.43. The van der Waals surface area contributed by atoms with Gasteiger partial charge >= 0.3 is 8.60 Å². The molecule has 0 spiro atoms. The number of hydrogen-bond acceptors (Lipinski definition) is 7. The van der Waals surface area contributed by atoms with Crippen LogP contribution in [0.2, 0.25) is 0 Å². The van der Waals surface area contributed by atoms with Crippen LogP contribution in [0.25, 0.3) is 0 Å². The first-order valence-electron chi connectivity index (χ1n) is 9.79. The quantitative estimate of drug-likeness (QED) is 0.632. The van der Waals surface area contributed by atoms with Crippen LogP contribution in [0.3, 0.4) is 0 Å². The highest BCUT2D eigenvalue weighted by Gasteiger charge is 2.37. The molecule has 7 nitrogen and oxygen atoms in total. The predicted molar refractivity (Wildman–Crippen MR) is 105 cm³/mol. The van der Waals surface area contributed by atoms with E-state index in [4.69, 9.17) is 23.5 Å². The fourth-order valence-corrected chi connectivity index (χ4v) is 4.37. The molecule has 0 bridgehead atoms. The second kappa shape index (κ2) is 9.81. The van der Waals surface area contributed by atoms with Gasteiger partial charge in [0.25, 0.3) is 0 Å². The summed E-state index contributed by atoms with van der Waals surface area (Å²) in [6.07, 6.45) is 3.26. The Morgan fingerprint density at radius 2 is 1.43 bits per heavy atom. The van der Waals surface area contributed by atoms with E-state index in [1.807, 2.05) is 6.07 Å². The number of hydrogen-bond donors (Lipinski definition) is 2. The van der Waals surface area contributed by atoms with Gasteiger partial charge in [-0.2, -0.15) is 0 Å². The second-order valence-corrected chi connectivity index (χ2v) is 8.62. The molecule has 0 aromatic heterocycles. The van der Waals surface area contributed by atoms with Crippen molar-refractivity contribution in [2.45, 2.75) is 39.5 Å². The summed E-state index contributed by atoms with van der Waals surface area (Å²) in [5.41, 5.74) is 1.82. The van der Waals surface area contributed by atoms with Crippen molar-refractivity contribution in [2.24, 2.45) is 10.8 Å². The van der Waals surface area contributed by atoms with Crippen molar-refractivity contribution in [1.29, 1.82) is 0 Å².